The van der Waals surface area contributed by atoms with E-state index in [1.807, 2.05) is 0 Å². The highest BCUT2D eigenvalue weighted by molar-refractivity contribution is 6.20. The van der Waals surface area contributed by atoms with Gasteiger partial charge >= 0.3 is 0 Å². The number of methoxy groups -OCH3 is 1. The van der Waals surface area contributed by atoms with Crippen LogP contribution in [0.25, 0.3) is 0 Å². The third-order valence-corrected chi connectivity index (χ3v) is 2.94. The fourth-order valence-electron chi connectivity index (χ4n) is 1.56. The molecule has 1 rings (SSSR count). The first-order valence-corrected chi connectivity index (χ1v) is 5.69. The molecule has 0 aromatic heterocycles. The van der Waals surface area contributed by atoms with Crippen molar-refractivity contribution in [2.45, 2.75) is 18.2 Å². The van der Waals surface area contributed by atoms with E-state index in [1.54, 1.807) is 7.11 Å². The first kappa shape index (κ1) is 12.2. The van der Waals surface area contributed by atoms with Crippen LogP contribution in [-0.4, -0.2) is 56.8 Å². The molecule has 0 aromatic rings. The lowest BCUT2D eigenvalue weighted by Crippen LogP contribution is -2.36. The van der Waals surface area contributed by atoms with E-state index in [1.165, 1.54) is 0 Å². The van der Waals surface area contributed by atoms with E-state index in [0.29, 0.717) is 18.6 Å². The van der Waals surface area contributed by atoms with Crippen molar-refractivity contribution in [2.24, 2.45) is 0 Å². The fraction of sp³-hybridized carbons (Fsp3) is 1.00. The topological polar surface area (TPSA) is 21.7 Å². The van der Waals surface area contributed by atoms with Crippen LogP contribution < -0.4 is 0 Å². The molecule has 4 heteroatoms. The third-order valence-electron chi connectivity index (χ3n) is 2.50. The summed E-state index contributed by atoms with van der Waals surface area (Å²) in [5.41, 5.74) is 0. The smallest absolute Gasteiger partial charge is 0.0700 e. The summed E-state index contributed by atoms with van der Waals surface area (Å²) in [6, 6.07) is 0. The summed E-state index contributed by atoms with van der Waals surface area (Å²) in [5, 5.41) is 0.389. The molecule has 14 heavy (non-hydrogen) atoms. The lowest BCUT2D eigenvalue weighted by atomic mass is 10.1. The van der Waals surface area contributed by atoms with Crippen molar-refractivity contribution in [2.75, 3.05) is 46.6 Å². The predicted molar refractivity (Wildman–Crippen MR) is 58.0 cm³/mol. The van der Waals surface area contributed by atoms with Crippen molar-refractivity contribution in [3.63, 3.8) is 0 Å². The monoisotopic (exact) mass is 221 g/mol. The maximum atomic E-state index is 6.01. The van der Waals surface area contributed by atoms with Gasteiger partial charge in [0, 0.05) is 19.0 Å². The molecule has 0 radical (unpaired) electrons. The number of alkyl halides is 1. The number of piperidine rings is 1. The van der Waals surface area contributed by atoms with Gasteiger partial charge in [0.05, 0.1) is 19.8 Å². The number of hydrogen-bond donors (Lipinski definition) is 0. The number of rotatable bonds is 6. The lowest BCUT2D eigenvalue weighted by molar-refractivity contribution is 0.0544. The quantitative estimate of drug-likeness (QED) is 0.499. The van der Waals surface area contributed by atoms with Gasteiger partial charge in [-0.05, 0) is 25.9 Å². The minimum Gasteiger partial charge on any atom is -0.382 e. The molecule has 1 heterocycles. The Kier molecular flexibility index (Phi) is 6.52. The van der Waals surface area contributed by atoms with Gasteiger partial charge in [0.15, 0.2) is 0 Å². The van der Waals surface area contributed by atoms with E-state index in [-0.39, 0.29) is 0 Å². The second kappa shape index (κ2) is 7.46. The molecular formula is C10H20ClNO2. The van der Waals surface area contributed by atoms with Gasteiger partial charge in [0.1, 0.15) is 0 Å². The Balaban J connectivity index is 1.91. The summed E-state index contributed by atoms with van der Waals surface area (Å²) in [6.07, 6.45) is 2.22. The summed E-state index contributed by atoms with van der Waals surface area (Å²) in [5.74, 6) is 0. The number of likely N-dealkylation sites (tertiary alicyclic amines) is 1. The van der Waals surface area contributed by atoms with Crippen molar-refractivity contribution in [3.8, 4) is 0 Å². The average molecular weight is 222 g/mol. The molecule has 0 aromatic carbocycles. The maximum absolute atomic E-state index is 6.01. The number of halogens is 1. The van der Waals surface area contributed by atoms with Gasteiger partial charge in [-0.1, -0.05) is 0 Å². The van der Waals surface area contributed by atoms with Gasteiger partial charge < -0.3 is 14.4 Å². The van der Waals surface area contributed by atoms with Gasteiger partial charge in [0.25, 0.3) is 0 Å². The number of hydrogen-bond acceptors (Lipinski definition) is 3. The molecule has 1 saturated heterocycles. The third kappa shape index (κ3) is 5.15. The Morgan fingerprint density at radius 2 is 1.93 bits per heavy atom. The van der Waals surface area contributed by atoms with Crippen molar-refractivity contribution in [3.05, 3.63) is 0 Å². The highest BCUT2D eigenvalue weighted by atomic mass is 35.5. The zero-order chi connectivity index (χ0) is 10.2. The van der Waals surface area contributed by atoms with Crippen LogP contribution in [0.5, 0.6) is 0 Å². The zero-order valence-corrected chi connectivity index (χ0v) is 9.63. The number of nitrogens with zero attached hydrogens (tertiary/aromatic N) is 1. The van der Waals surface area contributed by atoms with Crippen LogP contribution in [0.2, 0.25) is 0 Å². The highest BCUT2D eigenvalue weighted by Gasteiger charge is 2.16. The van der Waals surface area contributed by atoms with E-state index >= 15 is 0 Å². The van der Waals surface area contributed by atoms with Gasteiger partial charge in [0.2, 0.25) is 0 Å². The van der Waals surface area contributed by atoms with Crippen molar-refractivity contribution >= 4 is 11.6 Å². The second-order valence-corrected chi connectivity index (χ2v) is 4.24. The molecule has 0 N–H and O–H groups in total. The van der Waals surface area contributed by atoms with Gasteiger partial charge in [-0.2, -0.15) is 0 Å². The summed E-state index contributed by atoms with van der Waals surface area (Å²) in [6.45, 7) is 5.43. The van der Waals surface area contributed by atoms with E-state index < -0.39 is 0 Å². The Bertz CT molecular complexity index is 138. The van der Waals surface area contributed by atoms with E-state index in [0.717, 1.165) is 39.1 Å². The minimum absolute atomic E-state index is 0.389. The summed E-state index contributed by atoms with van der Waals surface area (Å²) in [4.78, 5) is 2.41. The van der Waals surface area contributed by atoms with Crippen LogP contribution in [-0.2, 0) is 9.47 Å². The van der Waals surface area contributed by atoms with Crippen LogP contribution in [0.4, 0.5) is 0 Å². The first-order chi connectivity index (χ1) is 6.83. The van der Waals surface area contributed by atoms with Crippen molar-refractivity contribution in [1.29, 1.82) is 0 Å². The van der Waals surface area contributed by atoms with Crippen LogP contribution in [0.3, 0.4) is 0 Å². The second-order valence-electron chi connectivity index (χ2n) is 3.62. The minimum atomic E-state index is 0.389. The SMILES string of the molecule is COCCOCCN1CCC(Cl)CC1. The molecule has 3 nitrogen and oxygen atoms in total. The normalized spacial score (nSPS) is 20.1. The Morgan fingerprint density at radius 1 is 1.21 bits per heavy atom. The highest BCUT2D eigenvalue weighted by Crippen LogP contribution is 2.14. The molecule has 1 fully saturated rings. The largest absolute Gasteiger partial charge is 0.382 e. The van der Waals surface area contributed by atoms with Crippen LogP contribution >= 0.6 is 11.6 Å². The molecule has 0 spiro atoms. The van der Waals surface area contributed by atoms with Gasteiger partial charge in [-0.15, -0.1) is 11.6 Å². The molecule has 0 saturated carbocycles. The summed E-state index contributed by atoms with van der Waals surface area (Å²) < 4.78 is 10.3. The molecule has 0 atom stereocenters. The van der Waals surface area contributed by atoms with E-state index in [2.05, 4.69) is 4.90 Å². The zero-order valence-electron chi connectivity index (χ0n) is 8.88. The standard InChI is InChI=1S/C10H20ClNO2/c1-13-8-9-14-7-6-12-4-2-10(11)3-5-12/h10H,2-9H2,1H3. The molecule has 0 bridgehead atoms. The lowest BCUT2D eigenvalue weighted by Gasteiger charge is -2.28. The first-order valence-electron chi connectivity index (χ1n) is 5.26. The molecule has 0 amide bonds. The Morgan fingerprint density at radius 3 is 2.57 bits per heavy atom. The molecule has 84 valence electrons. The van der Waals surface area contributed by atoms with Gasteiger partial charge in [-0.3, -0.25) is 0 Å². The Labute approximate surface area is 91.3 Å². The summed E-state index contributed by atoms with van der Waals surface area (Å²) >= 11 is 6.01. The van der Waals surface area contributed by atoms with Gasteiger partial charge in [-0.25, -0.2) is 0 Å². The fourth-order valence-corrected chi connectivity index (χ4v) is 1.76. The summed E-state index contributed by atoms with van der Waals surface area (Å²) in [7, 11) is 1.69. The molecule has 1 aliphatic heterocycles. The molecule has 0 unspecified atom stereocenters. The van der Waals surface area contributed by atoms with Crippen LogP contribution in [0, 0.1) is 0 Å². The molecule has 1 aliphatic rings. The maximum Gasteiger partial charge on any atom is 0.0700 e. The van der Waals surface area contributed by atoms with Crippen LogP contribution in [0.1, 0.15) is 12.8 Å². The Hall–Kier alpha value is 0.170. The van der Waals surface area contributed by atoms with E-state index in [4.69, 9.17) is 21.1 Å². The molecular weight excluding hydrogens is 202 g/mol. The van der Waals surface area contributed by atoms with E-state index in [9.17, 15) is 0 Å². The number of ether oxygens (including phenoxy) is 2. The predicted octanol–water partition coefficient (Wildman–Crippen LogP) is 1.35. The van der Waals surface area contributed by atoms with Crippen molar-refractivity contribution in [1.82, 2.24) is 4.90 Å². The van der Waals surface area contributed by atoms with Crippen molar-refractivity contribution < 1.29 is 9.47 Å². The average Bonchev–Trinajstić information content (AvgIpc) is 2.21. The van der Waals surface area contributed by atoms with Crippen LogP contribution in [0.15, 0.2) is 0 Å². The molecule has 0 aliphatic carbocycles.